The minimum absolute atomic E-state index is 0.0206. The van der Waals surface area contributed by atoms with Gasteiger partial charge in [0.1, 0.15) is 0 Å². The minimum Gasteiger partial charge on any atom is -0.490 e. The van der Waals surface area contributed by atoms with E-state index in [1.807, 2.05) is 0 Å². The van der Waals surface area contributed by atoms with Crippen LogP contribution in [0.1, 0.15) is 12.8 Å². The van der Waals surface area contributed by atoms with E-state index in [1.165, 1.54) is 12.1 Å². The molecule has 9 heteroatoms. The van der Waals surface area contributed by atoms with E-state index in [0.29, 0.717) is 31.1 Å². The summed E-state index contributed by atoms with van der Waals surface area (Å²) in [5.41, 5.74) is 0. The van der Waals surface area contributed by atoms with Crippen LogP contribution in [0, 0.1) is 5.92 Å². The average Bonchev–Trinajstić information content (AvgIpc) is 2.79. The second kappa shape index (κ2) is 6.58. The molecule has 1 saturated heterocycles. The molecule has 0 amide bonds. The van der Waals surface area contributed by atoms with E-state index in [9.17, 15) is 18.3 Å². The summed E-state index contributed by atoms with van der Waals surface area (Å²) in [6.07, 6.45) is -0.250. The van der Waals surface area contributed by atoms with E-state index in [0.717, 1.165) is 4.31 Å². The van der Waals surface area contributed by atoms with Crippen LogP contribution in [0.3, 0.4) is 0 Å². The van der Waals surface area contributed by atoms with Gasteiger partial charge in [-0.2, -0.15) is 4.31 Å². The van der Waals surface area contributed by atoms with Crippen LogP contribution in [0.2, 0.25) is 0 Å². The molecule has 2 aliphatic heterocycles. The Morgan fingerprint density at radius 3 is 2.62 bits per heavy atom. The number of aliphatic hydroxyl groups is 1. The fourth-order valence-electron chi connectivity index (χ4n) is 2.82. The van der Waals surface area contributed by atoms with Crippen molar-refractivity contribution in [3.05, 3.63) is 18.2 Å². The summed E-state index contributed by atoms with van der Waals surface area (Å²) in [7, 11) is -3.87. The summed E-state index contributed by atoms with van der Waals surface area (Å²) in [6.45, 7) is 0.756. The standard InChI is InChI=1S/C15H19NO7S/c17-12-4-5-16(9-11(12)15(18)19)24(20,21)10-2-3-13-14(8-10)23-7-1-6-22-13/h2-3,8,11-12,17H,1,4-7,9H2,(H,18,19). The first-order valence-corrected chi connectivity index (χ1v) is 9.14. The monoisotopic (exact) mass is 357 g/mol. The number of aliphatic carboxylic acids is 1. The van der Waals surface area contributed by atoms with Gasteiger partial charge < -0.3 is 19.7 Å². The Morgan fingerprint density at radius 1 is 1.21 bits per heavy atom. The van der Waals surface area contributed by atoms with Crippen molar-refractivity contribution in [2.75, 3.05) is 26.3 Å². The van der Waals surface area contributed by atoms with Gasteiger partial charge in [0.2, 0.25) is 10.0 Å². The van der Waals surface area contributed by atoms with Gasteiger partial charge in [-0.05, 0) is 18.6 Å². The normalized spacial score (nSPS) is 25.0. The lowest BCUT2D eigenvalue weighted by Gasteiger charge is -2.33. The molecule has 0 saturated carbocycles. The van der Waals surface area contributed by atoms with Crippen molar-refractivity contribution in [1.82, 2.24) is 4.31 Å². The van der Waals surface area contributed by atoms with Crippen LogP contribution in [0.5, 0.6) is 11.5 Å². The predicted octanol–water partition coefficient (Wildman–Crippen LogP) is 0.304. The number of rotatable bonds is 3. The molecular weight excluding hydrogens is 338 g/mol. The molecule has 1 aromatic carbocycles. The summed E-state index contributed by atoms with van der Waals surface area (Å²) in [5.74, 6) is -1.49. The van der Waals surface area contributed by atoms with Crippen LogP contribution in [0.15, 0.2) is 23.1 Å². The van der Waals surface area contributed by atoms with E-state index in [2.05, 4.69) is 0 Å². The molecule has 1 fully saturated rings. The summed E-state index contributed by atoms with van der Waals surface area (Å²) in [4.78, 5) is 11.2. The Morgan fingerprint density at radius 2 is 1.92 bits per heavy atom. The van der Waals surface area contributed by atoms with Crippen LogP contribution >= 0.6 is 0 Å². The molecule has 2 N–H and O–H groups in total. The van der Waals surface area contributed by atoms with E-state index in [4.69, 9.17) is 14.6 Å². The van der Waals surface area contributed by atoms with Gasteiger partial charge in [-0.15, -0.1) is 0 Å². The molecule has 8 nitrogen and oxygen atoms in total. The molecule has 0 radical (unpaired) electrons. The maximum absolute atomic E-state index is 12.8. The van der Waals surface area contributed by atoms with Crippen LogP contribution in [-0.2, 0) is 14.8 Å². The number of sulfonamides is 1. The molecule has 24 heavy (non-hydrogen) atoms. The highest BCUT2D eigenvalue weighted by atomic mass is 32.2. The van der Waals surface area contributed by atoms with Crippen LogP contribution in [-0.4, -0.2) is 61.3 Å². The minimum atomic E-state index is -3.87. The summed E-state index contributed by atoms with van der Waals surface area (Å²) < 4.78 is 37.7. The SMILES string of the molecule is O=C(O)C1CN(S(=O)(=O)c2ccc3c(c2)OCCCO3)CCC1O. The van der Waals surface area contributed by atoms with Gasteiger partial charge in [0.05, 0.1) is 30.1 Å². The molecule has 2 aliphatic rings. The zero-order valence-corrected chi connectivity index (χ0v) is 13.7. The van der Waals surface area contributed by atoms with E-state index < -0.39 is 28.0 Å². The van der Waals surface area contributed by atoms with Crippen molar-refractivity contribution in [3.8, 4) is 11.5 Å². The van der Waals surface area contributed by atoms with Crippen molar-refractivity contribution < 1.29 is 32.9 Å². The number of fused-ring (bicyclic) bond motifs is 1. The Kier molecular flexibility index (Phi) is 4.66. The van der Waals surface area contributed by atoms with Crippen molar-refractivity contribution in [1.29, 1.82) is 0 Å². The van der Waals surface area contributed by atoms with Crippen molar-refractivity contribution >= 4 is 16.0 Å². The summed E-state index contributed by atoms with van der Waals surface area (Å²) in [6, 6.07) is 4.36. The lowest BCUT2D eigenvalue weighted by atomic mass is 9.96. The fraction of sp³-hybridized carbons (Fsp3) is 0.533. The molecule has 132 valence electrons. The Bertz CT molecular complexity index is 733. The Hall–Kier alpha value is -1.84. The van der Waals surface area contributed by atoms with Gasteiger partial charge in [-0.1, -0.05) is 0 Å². The summed E-state index contributed by atoms with van der Waals surface area (Å²) >= 11 is 0. The van der Waals surface area contributed by atoms with Gasteiger partial charge in [-0.25, -0.2) is 8.42 Å². The Balaban J connectivity index is 1.88. The highest BCUT2D eigenvalue weighted by Crippen LogP contribution is 2.33. The molecule has 2 atom stereocenters. The first-order valence-electron chi connectivity index (χ1n) is 7.70. The number of nitrogens with zero attached hydrogens (tertiary/aromatic N) is 1. The van der Waals surface area contributed by atoms with Gasteiger partial charge in [0, 0.05) is 25.6 Å². The quantitative estimate of drug-likeness (QED) is 0.800. The number of aliphatic hydroxyl groups excluding tert-OH is 1. The Labute approximate surface area is 139 Å². The number of carboxylic acids is 1. The van der Waals surface area contributed by atoms with Crippen molar-refractivity contribution in [2.45, 2.75) is 23.8 Å². The van der Waals surface area contributed by atoms with E-state index >= 15 is 0 Å². The highest BCUT2D eigenvalue weighted by molar-refractivity contribution is 7.89. The number of hydrogen-bond donors (Lipinski definition) is 2. The number of ether oxygens (including phenoxy) is 2. The molecule has 0 aliphatic carbocycles. The van der Waals surface area contributed by atoms with E-state index in [-0.39, 0.29) is 24.4 Å². The number of carbonyl (C=O) groups is 1. The second-order valence-corrected chi connectivity index (χ2v) is 7.76. The lowest BCUT2D eigenvalue weighted by Crippen LogP contribution is -2.48. The maximum Gasteiger partial charge on any atom is 0.310 e. The molecular formula is C15H19NO7S. The topological polar surface area (TPSA) is 113 Å². The summed E-state index contributed by atoms with van der Waals surface area (Å²) in [5, 5.41) is 18.9. The molecule has 1 aromatic rings. The molecule has 2 heterocycles. The number of benzene rings is 1. The third-order valence-corrected chi connectivity index (χ3v) is 6.07. The van der Waals surface area contributed by atoms with Crippen LogP contribution in [0.4, 0.5) is 0 Å². The maximum atomic E-state index is 12.8. The van der Waals surface area contributed by atoms with Crippen molar-refractivity contribution in [2.24, 2.45) is 5.92 Å². The molecule has 0 aromatic heterocycles. The third-order valence-electron chi connectivity index (χ3n) is 4.21. The second-order valence-electron chi connectivity index (χ2n) is 5.82. The average molecular weight is 357 g/mol. The number of piperidine rings is 1. The third kappa shape index (κ3) is 3.19. The first-order chi connectivity index (χ1) is 11.4. The number of hydrogen-bond acceptors (Lipinski definition) is 6. The van der Waals surface area contributed by atoms with E-state index in [1.54, 1.807) is 6.07 Å². The fourth-order valence-corrected chi connectivity index (χ4v) is 4.32. The van der Waals surface area contributed by atoms with Crippen molar-refractivity contribution in [3.63, 3.8) is 0 Å². The number of carboxylic acid groups (broad SMARTS) is 1. The molecule has 0 spiro atoms. The van der Waals surface area contributed by atoms with Crippen LogP contribution < -0.4 is 9.47 Å². The van der Waals surface area contributed by atoms with Gasteiger partial charge >= 0.3 is 5.97 Å². The van der Waals surface area contributed by atoms with Gasteiger partial charge in [-0.3, -0.25) is 4.79 Å². The highest BCUT2D eigenvalue weighted by Gasteiger charge is 2.38. The molecule has 3 rings (SSSR count). The zero-order valence-electron chi connectivity index (χ0n) is 12.9. The molecule has 2 unspecified atom stereocenters. The van der Waals surface area contributed by atoms with Gasteiger partial charge in [0.15, 0.2) is 11.5 Å². The zero-order chi connectivity index (χ0) is 17.3. The predicted molar refractivity (Wildman–Crippen MR) is 82.6 cm³/mol. The lowest BCUT2D eigenvalue weighted by molar-refractivity contribution is -0.147. The largest absolute Gasteiger partial charge is 0.490 e. The molecule has 0 bridgehead atoms. The van der Waals surface area contributed by atoms with Gasteiger partial charge in [0.25, 0.3) is 0 Å². The van der Waals surface area contributed by atoms with Crippen LogP contribution in [0.25, 0.3) is 0 Å². The smallest absolute Gasteiger partial charge is 0.310 e. The first kappa shape index (κ1) is 17.0.